The van der Waals surface area contributed by atoms with Gasteiger partial charge < -0.3 is 16.0 Å². The lowest BCUT2D eigenvalue weighted by Crippen LogP contribution is -2.32. The van der Waals surface area contributed by atoms with Crippen LogP contribution in [0.4, 0.5) is 5.69 Å². The summed E-state index contributed by atoms with van der Waals surface area (Å²) in [5, 5.41) is 3.37. The van der Waals surface area contributed by atoms with Crippen LogP contribution in [0.25, 0.3) is 10.9 Å². The van der Waals surface area contributed by atoms with Gasteiger partial charge in [0.2, 0.25) is 5.91 Å². The van der Waals surface area contributed by atoms with Gasteiger partial charge in [0.05, 0.1) is 17.4 Å². The van der Waals surface area contributed by atoms with E-state index in [4.69, 9.17) is 5.73 Å². The number of benzene rings is 1. The number of rotatable bonds is 2. The molecule has 1 aromatic carbocycles. The number of hydrogen-bond donors (Lipinski definition) is 3. The Labute approximate surface area is 146 Å². The Morgan fingerprint density at radius 3 is 2.61 bits per heavy atom. The highest BCUT2D eigenvalue weighted by Crippen LogP contribution is 2.25. The van der Waals surface area contributed by atoms with Gasteiger partial charge in [-0.3, -0.25) is 9.59 Å². The number of amides is 1. The fourth-order valence-corrected chi connectivity index (χ4v) is 2.82. The highest BCUT2D eigenvalue weighted by Gasteiger charge is 2.25. The van der Waals surface area contributed by atoms with Crippen molar-refractivity contribution in [1.82, 2.24) is 9.97 Å². The molecule has 1 aromatic heterocycles. The number of nitrogens with two attached hydrogens (primary N) is 1. The van der Waals surface area contributed by atoms with Crippen molar-refractivity contribution in [2.45, 2.75) is 31.7 Å². The number of anilines is 1. The molecule has 0 spiro atoms. The highest BCUT2D eigenvalue weighted by molar-refractivity contribution is 6.00. The van der Waals surface area contributed by atoms with Crippen LogP contribution in [-0.4, -0.2) is 21.9 Å². The zero-order valence-electron chi connectivity index (χ0n) is 12.5. The van der Waals surface area contributed by atoms with Crippen LogP contribution in [0.3, 0.4) is 0 Å². The number of aromatic amines is 1. The van der Waals surface area contributed by atoms with Crippen molar-refractivity contribution in [3.8, 4) is 0 Å². The summed E-state index contributed by atoms with van der Waals surface area (Å²) in [7, 11) is 0. The molecule has 126 valence electrons. The lowest BCUT2D eigenvalue weighted by Gasteiger charge is -2.25. The van der Waals surface area contributed by atoms with Crippen molar-refractivity contribution in [1.29, 1.82) is 0 Å². The fourth-order valence-electron chi connectivity index (χ4n) is 2.82. The second-order valence-corrected chi connectivity index (χ2v) is 5.53. The second kappa shape index (κ2) is 8.29. The van der Waals surface area contributed by atoms with E-state index in [1.165, 1.54) is 6.33 Å². The molecule has 1 fully saturated rings. The summed E-state index contributed by atoms with van der Waals surface area (Å²) in [5.74, 6) is -0.0291. The number of carbonyl (C=O) groups is 1. The average molecular weight is 359 g/mol. The van der Waals surface area contributed by atoms with Crippen molar-refractivity contribution < 1.29 is 4.79 Å². The van der Waals surface area contributed by atoms with Crippen LogP contribution in [0.5, 0.6) is 0 Å². The smallest absolute Gasteiger partial charge is 0.258 e. The molecular formula is C15H20Cl2N4O2. The minimum absolute atomic E-state index is 0. The predicted octanol–water partition coefficient (Wildman–Crippen LogP) is 2.22. The number of fused-ring (bicyclic) bond motifs is 1. The molecule has 1 heterocycles. The topological polar surface area (TPSA) is 101 Å². The quantitative estimate of drug-likeness (QED) is 0.765. The largest absolute Gasteiger partial charge is 0.328 e. The van der Waals surface area contributed by atoms with E-state index in [0.29, 0.717) is 16.6 Å². The van der Waals surface area contributed by atoms with Gasteiger partial charge in [-0.2, -0.15) is 0 Å². The number of halogens is 2. The molecule has 23 heavy (non-hydrogen) atoms. The average Bonchev–Trinajstić information content (AvgIpc) is 2.49. The summed E-state index contributed by atoms with van der Waals surface area (Å²) in [5.41, 5.74) is 6.75. The molecular weight excluding hydrogens is 339 g/mol. The molecule has 1 saturated carbocycles. The first-order valence-corrected chi connectivity index (χ1v) is 7.18. The van der Waals surface area contributed by atoms with Gasteiger partial charge in [-0.15, -0.1) is 24.8 Å². The van der Waals surface area contributed by atoms with Crippen LogP contribution in [0.15, 0.2) is 29.3 Å². The van der Waals surface area contributed by atoms with Crippen LogP contribution in [0.2, 0.25) is 0 Å². The molecule has 0 aliphatic heterocycles. The van der Waals surface area contributed by atoms with Gasteiger partial charge in [-0.25, -0.2) is 4.98 Å². The third-order valence-corrected chi connectivity index (χ3v) is 4.07. The Bertz CT molecular complexity index is 727. The summed E-state index contributed by atoms with van der Waals surface area (Å²) in [6, 6.07) is 5.41. The van der Waals surface area contributed by atoms with E-state index < -0.39 is 0 Å². The maximum absolute atomic E-state index is 12.3. The van der Waals surface area contributed by atoms with E-state index in [9.17, 15) is 9.59 Å². The summed E-state index contributed by atoms with van der Waals surface area (Å²) in [6.45, 7) is 0. The lowest BCUT2D eigenvalue weighted by molar-refractivity contribution is -0.120. The number of nitrogens with one attached hydrogen (secondary N) is 2. The second-order valence-electron chi connectivity index (χ2n) is 5.53. The zero-order valence-corrected chi connectivity index (χ0v) is 14.1. The fraction of sp³-hybridized carbons (Fsp3) is 0.400. The molecule has 0 saturated heterocycles. The lowest BCUT2D eigenvalue weighted by atomic mass is 9.86. The molecule has 1 aliphatic rings. The molecule has 8 heteroatoms. The third-order valence-electron chi connectivity index (χ3n) is 4.07. The molecule has 0 unspecified atom stereocenters. The molecule has 1 amide bonds. The van der Waals surface area contributed by atoms with Gasteiger partial charge in [0.1, 0.15) is 5.52 Å². The Morgan fingerprint density at radius 2 is 1.91 bits per heavy atom. The first kappa shape index (κ1) is 19.4. The first-order chi connectivity index (χ1) is 10.1. The van der Waals surface area contributed by atoms with Crippen LogP contribution >= 0.6 is 24.8 Å². The minimum atomic E-state index is -0.209. The van der Waals surface area contributed by atoms with E-state index in [1.807, 2.05) is 0 Å². The summed E-state index contributed by atoms with van der Waals surface area (Å²) in [6.07, 6.45) is 4.73. The standard InChI is InChI=1S/C15H18N4O2.2ClH/c16-10-6-4-9(5-7-10)14(20)19-12-3-1-2-11-13(12)17-8-18-15(11)21;;/h1-3,8-10H,4-7,16H2,(H,19,20)(H,17,18,21);2*1H. The van der Waals surface area contributed by atoms with Gasteiger partial charge >= 0.3 is 0 Å². The molecule has 1 aliphatic carbocycles. The number of carbonyl (C=O) groups excluding carboxylic acids is 1. The van der Waals surface area contributed by atoms with Crippen molar-refractivity contribution in [3.63, 3.8) is 0 Å². The summed E-state index contributed by atoms with van der Waals surface area (Å²) in [4.78, 5) is 30.8. The maximum Gasteiger partial charge on any atom is 0.258 e. The normalized spacial score (nSPS) is 20.2. The van der Waals surface area contributed by atoms with Gasteiger partial charge in [0.25, 0.3) is 5.56 Å². The molecule has 0 atom stereocenters. The molecule has 0 bridgehead atoms. The van der Waals surface area contributed by atoms with Gasteiger partial charge in [0.15, 0.2) is 0 Å². The molecule has 6 nitrogen and oxygen atoms in total. The SMILES string of the molecule is Cl.Cl.NC1CCC(C(=O)Nc2cccc3c(=O)[nH]cnc23)CC1. The van der Waals surface area contributed by atoms with E-state index in [-0.39, 0.29) is 48.2 Å². The molecule has 2 aromatic rings. The molecule has 3 rings (SSSR count). The van der Waals surface area contributed by atoms with E-state index >= 15 is 0 Å². The van der Waals surface area contributed by atoms with Gasteiger partial charge in [-0.1, -0.05) is 6.07 Å². The predicted molar refractivity (Wildman–Crippen MR) is 95.4 cm³/mol. The van der Waals surface area contributed by atoms with Crippen LogP contribution < -0.4 is 16.6 Å². The maximum atomic E-state index is 12.3. The Kier molecular flexibility index (Phi) is 7.00. The van der Waals surface area contributed by atoms with Crippen LogP contribution in [0.1, 0.15) is 25.7 Å². The van der Waals surface area contributed by atoms with Crippen LogP contribution in [0, 0.1) is 5.92 Å². The number of H-pyrrole nitrogens is 1. The third kappa shape index (κ3) is 4.22. The molecule has 4 N–H and O–H groups in total. The minimum Gasteiger partial charge on any atom is -0.328 e. The van der Waals surface area contributed by atoms with Crippen molar-refractivity contribution in [2.75, 3.05) is 5.32 Å². The van der Waals surface area contributed by atoms with E-state index in [2.05, 4.69) is 15.3 Å². The Morgan fingerprint density at radius 1 is 1.22 bits per heavy atom. The van der Waals surface area contributed by atoms with Gasteiger partial charge in [-0.05, 0) is 37.8 Å². The Balaban J connectivity index is 0.00000132. The summed E-state index contributed by atoms with van der Waals surface area (Å²) >= 11 is 0. The number of para-hydroxylation sites is 1. The van der Waals surface area contributed by atoms with Crippen molar-refractivity contribution in [2.24, 2.45) is 11.7 Å². The highest BCUT2D eigenvalue weighted by atomic mass is 35.5. The first-order valence-electron chi connectivity index (χ1n) is 7.18. The summed E-state index contributed by atoms with van der Waals surface area (Å²) < 4.78 is 0. The number of aromatic nitrogens is 2. The van der Waals surface area contributed by atoms with Crippen LogP contribution in [-0.2, 0) is 4.79 Å². The zero-order chi connectivity index (χ0) is 14.8. The monoisotopic (exact) mass is 358 g/mol. The van der Waals surface area contributed by atoms with Gasteiger partial charge in [0, 0.05) is 12.0 Å². The van der Waals surface area contributed by atoms with Crippen molar-refractivity contribution >= 4 is 47.3 Å². The van der Waals surface area contributed by atoms with E-state index in [1.54, 1.807) is 18.2 Å². The number of hydrogen-bond acceptors (Lipinski definition) is 4. The Hall–Kier alpha value is -1.63. The van der Waals surface area contributed by atoms with Crippen molar-refractivity contribution in [3.05, 3.63) is 34.9 Å². The van der Waals surface area contributed by atoms with E-state index in [0.717, 1.165) is 25.7 Å². The molecule has 0 radical (unpaired) electrons. The number of nitrogens with zero attached hydrogens (tertiary/aromatic N) is 1.